The van der Waals surface area contributed by atoms with Crippen molar-refractivity contribution in [3.05, 3.63) is 29.6 Å². The summed E-state index contributed by atoms with van der Waals surface area (Å²) >= 11 is 0. The molecule has 0 bridgehead atoms. The molecule has 0 aliphatic carbocycles. The summed E-state index contributed by atoms with van der Waals surface area (Å²) < 4.78 is 39.5. The first-order valence-electron chi connectivity index (χ1n) is 5.91. The van der Waals surface area contributed by atoms with Crippen LogP contribution in [0, 0.1) is 17.1 Å². The lowest BCUT2D eigenvalue weighted by atomic mass is 10.1. The SMILES string of the molecule is N#Cc1c(F)cccc1S(=O)(=O)N1CCC[C@@H](N)C1. The summed E-state index contributed by atoms with van der Waals surface area (Å²) in [5.74, 6) is -0.829. The molecule has 1 aromatic rings. The lowest BCUT2D eigenvalue weighted by Crippen LogP contribution is -2.45. The topological polar surface area (TPSA) is 87.2 Å². The van der Waals surface area contributed by atoms with Crippen LogP contribution >= 0.6 is 0 Å². The molecule has 19 heavy (non-hydrogen) atoms. The van der Waals surface area contributed by atoms with Crippen LogP contribution < -0.4 is 5.73 Å². The summed E-state index contributed by atoms with van der Waals surface area (Å²) in [5.41, 5.74) is 5.31. The minimum atomic E-state index is -3.87. The Morgan fingerprint density at radius 3 is 2.84 bits per heavy atom. The van der Waals surface area contributed by atoms with E-state index >= 15 is 0 Å². The molecular formula is C12H14FN3O2S. The van der Waals surface area contributed by atoms with Gasteiger partial charge in [0.15, 0.2) is 0 Å². The van der Waals surface area contributed by atoms with Crippen LogP contribution in [0.2, 0.25) is 0 Å². The third-order valence-corrected chi connectivity index (χ3v) is 5.03. The molecule has 0 radical (unpaired) electrons. The van der Waals surface area contributed by atoms with Gasteiger partial charge in [0.2, 0.25) is 10.0 Å². The van der Waals surface area contributed by atoms with Gasteiger partial charge in [-0.2, -0.15) is 9.57 Å². The van der Waals surface area contributed by atoms with Crippen LogP contribution in [0.4, 0.5) is 4.39 Å². The maximum atomic E-state index is 13.5. The van der Waals surface area contributed by atoms with Crippen molar-refractivity contribution >= 4 is 10.0 Å². The molecule has 0 spiro atoms. The number of sulfonamides is 1. The Bertz CT molecular complexity index is 624. The van der Waals surface area contributed by atoms with Crippen molar-refractivity contribution in [2.45, 2.75) is 23.8 Å². The second-order valence-corrected chi connectivity index (χ2v) is 6.40. The average molecular weight is 283 g/mol. The Labute approximate surface area is 111 Å². The van der Waals surface area contributed by atoms with E-state index in [-0.39, 0.29) is 17.5 Å². The Morgan fingerprint density at radius 2 is 2.21 bits per heavy atom. The maximum Gasteiger partial charge on any atom is 0.244 e. The number of nitrogens with two attached hydrogens (primary N) is 1. The zero-order valence-corrected chi connectivity index (χ0v) is 11.0. The zero-order chi connectivity index (χ0) is 14.0. The highest BCUT2D eigenvalue weighted by Gasteiger charge is 2.31. The fourth-order valence-electron chi connectivity index (χ4n) is 2.16. The molecule has 1 saturated heterocycles. The fourth-order valence-corrected chi connectivity index (χ4v) is 3.85. The highest BCUT2D eigenvalue weighted by Crippen LogP contribution is 2.24. The van der Waals surface area contributed by atoms with Crippen LogP contribution in [0.1, 0.15) is 18.4 Å². The summed E-state index contributed by atoms with van der Waals surface area (Å²) in [6, 6.07) is 4.99. The normalized spacial score (nSPS) is 21.0. The number of piperidine rings is 1. The van der Waals surface area contributed by atoms with Crippen LogP contribution in [0.25, 0.3) is 0 Å². The van der Waals surface area contributed by atoms with E-state index in [9.17, 15) is 12.8 Å². The lowest BCUT2D eigenvalue weighted by molar-refractivity contribution is 0.316. The van der Waals surface area contributed by atoms with Gasteiger partial charge in [-0.05, 0) is 25.0 Å². The van der Waals surface area contributed by atoms with E-state index in [0.29, 0.717) is 13.0 Å². The molecule has 1 aliphatic heterocycles. The Hall–Kier alpha value is -1.49. The van der Waals surface area contributed by atoms with Crippen molar-refractivity contribution in [2.24, 2.45) is 5.73 Å². The highest BCUT2D eigenvalue weighted by atomic mass is 32.2. The van der Waals surface area contributed by atoms with Crippen molar-refractivity contribution in [1.29, 1.82) is 5.26 Å². The predicted octanol–water partition coefficient (Wildman–Crippen LogP) is 0.809. The van der Waals surface area contributed by atoms with Gasteiger partial charge in [0.25, 0.3) is 0 Å². The third kappa shape index (κ3) is 2.61. The molecule has 7 heteroatoms. The van der Waals surface area contributed by atoms with E-state index in [4.69, 9.17) is 11.0 Å². The predicted molar refractivity (Wildman–Crippen MR) is 67.1 cm³/mol. The molecule has 0 amide bonds. The lowest BCUT2D eigenvalue weighted by Gasteiger charge is -2.30. The average Bonchev–Trinajstić information content (AvgIpc) is 2.38. The summed E-state index contributed by atoms with van der Waals surface area (Å²) in [6.07, 6.45) is 1.43. The van der Waals surface area contributed by atoms with Gasteiger partial charge in [0, 0.05) is 19.1 Å². The molecule has 0 aromatic heterocycles. The van der Waals surface area contributed by atoms with Crippen molar-refractivity contribution in [3.63, 3.8) is 0 Å². The molecule has 2 N–H and O–H groups in total. The van der Waals surface area contributed by atoms with Crippen LogP contribution in [0.15, 0.2) is 23.1 Å². The molecule has 1 aromatic carbocycles. The number of benzene rings is 1. The molecule has 1 fully saturated rings. The second-order valence-electron chi connectivity index (χ2n) is 4.49. The van der Waals surface area contributed by atoms with Gasteiger partial charge in [-0.15, -0.1) is 0 Å². The minimum absolute atomic E-state index is 0.198. The largest absolute Gasteiger partial charge is 0.327 e. The maximum absolute atomic E-state index is 13.5. The van der Waals surface area contributed by atoms with E-state index in [1.807, 2.05) is 0 Å². The molecule has 2 rings (SSSR count). The number of nitriles is 1. The van der Waals surface area contributed by atoms with Crippen LogP contribution in [0.3, 0.4) is 0 Å². The number of nitrogens with zero attached hydrogens (tertiary/aromatic N) is 2. The minimum Gasteiger partial charge on any atom is -0.327 e. The van der Waals surface area contributed by atoms with Crippen LogP contribution in [0.5, 0.6) is 0 Å². The van der Waals surface area contributed by atoms with Gasteiger partial charge in [-0.1, -0.05) is 6.07 Å². The van der Waals surface area contributed by atoms with Crippen molar-refractivity contribution in [2.75, 3.05) is 13.1 Å². The smallest absolute Gasteiger partial charge is 0.244 e. The van der Waals surface area contributed by atoms with Gasteiger partial charge in [-0.25, -0.2) is 12.8 Å². The van der Waals surface area contributed by atoms with Gasteiger partial charge < -0.3 is 5.73 Å². The monoisotopic (exact) mass is 283 g/mol. The summed E-state index contributed by atoms with van der Waals surface area (Å²) in [5, 5.41) is 8.92. The van der Waals surface area contributed by atoms with Crippen molar-refractivity contribution in [3.8, 4) is 6.07 Å². The number of hydrogen-bond donors (Lipinski definition) is 1. The number of rotatable bonds is 2. The molecular weight excluding hydrogens is 269 g/mol. The van der Waals surface area contributed by atoms with Gasteiger partial charge in [0.1, 0.15) is 22.3 Å². The standard InChI is InChI=1S/C12H14FN3O2S/c13-11-4-1-5-12(10(11)7-14)19(17,18)16-6-2-3-9(15)8-16/h1,4-5,9H,2-3,6,8,15H2/t9-/m1/s1. The summed E-state index contributed by atoms with van der Waals surface area (Å²) in [4.78, 5) is -0.288. The first-order chi connectivity index (χ1) is 8.96. The molecule has 1 atom stereocenters. The Kier molecular flexibility index (Phi) is 3.85. The second kappa shape index (κ2) is 5.25. The quantitative estimate of drug-likeness (QED) is 0.870. The van der Waals surface area contributed by atoms with E-state index in [2.05, 4.69) is 0 Å². The van der Waals surface area contributed by atoms with E-state index in [1.165, 1.54) is 16.4 Å². The van der Waals surface area contributed by atoms with Crippen LogP contribution in [-0.4, -0.2) is 31.9 Å². The van der Waals surface area contributed by atoms with Crippen LogP contribution in [-0.2, 0) is 10.0 Å². The number of halogens is 1. The molecule has 5 nitrogen and oxygen atoms in total. The summed E-state index contributed by atoms with van der Waals surface area (Å²) in [6.45, 7) is 0.543. The Balaban J connectivity index is 2.46. The highest BCUT2D eigenvalue weighted by molar-refractivity contribution is 7.89. The zero-order valence-electron chi connectivity index (χ0n) is 10.2. The molecule has 0 saturated carbocycles. The van der Waals surface area contributed by atoms with E-state index in [1.54, 1.807) is 6.07 Å². The van der Waals surface area contributed by atoms with E-state index in [0.717, 1.165) is 12.5 Å². The van der Waals surface area contributed by atoms with Gasteiger partial charge in [0.05, 0.1) is 0 Å². The molecule has 0 unspecified atom stereocenters. The molecule has 1 heterocycles. The van der Waals surface area contributed by atoms with Crippen molar-refractivity contribution in [1.82, 2.24) is 4.31 Å². The number of hydrogen-bond acceptors (Lipinski definition) is 4. The summed E-state index contributed by atoms with van der Waals surface area (Å²) in [7, 11) is -3.87. The van der Waals surface area contributed by atoms with E-state index < -0.39 is 21.4 Å². The Morgan fingerprint density at radius 1 is 1.47 bits per heavy atom. The third-order valence-electron chi connectivity index (χ3n) is 3.13. The van der Waals surface area contributed by atoms with Gasteiger partial charge in [-0.3, -0.25) is 0 Å². The molecule has 102 valence electrons. The van der Waals surface area contributed by atoms with Gasteiger partial charge >= 0.3 is 0 Å². The first-order valence-corrected chi connectivity index (χ1v) is 7.35. The fraction of sp³-hybridized carbons (Fsp3) is 0.417. The van der Waals surface area contributed by atoms with Crippen molar-refractivity contribution < 1.29 is 12.8 Å². The first kappa shape index (κ1) is 13.9. The molecule has 1 aliphatic rings.